The van der Waals surface area contributed by atoms with E-state index in [0.717, 1.165) is 0 Å². The minimum absolute atomic E-state index is 0.0137. The van der Waals surface area contributed by atoms with Gasteiger partial charge in [0.15, 0.2) is 11.6 Å². The fourth-order valence-corrected chi connectivity index (χ4v) is 4.03. The molecule has 0 radical (unpaired) electrons. The second kappa shape index (κ2) is 5.22. The van der Waals surface area contributed by atoms with Gasteiger partial charge in [-0.25, -0.2) is 13.1 Å². The van der Waals surface area contributed by atoms with Gasteiger partial charge >= 0.3 is 0 Å². The van der Waals surface area contributed by atoms with Crippen molar-refractivity contribution < 1.29 is 18.0 Å². The number of para-hydroxylation sites is 1. The van der Waals surface area contributed by atoms with E-state index < -0.39 is 21.3 Å². The molecule has 1 saturated carbocycles. The lowest BCUT2D eigenvalue weighted by Gasteiger charge is -2.16. The number of nitrogens with one attached hydrogen (secondary N) is 1. The molecule has 0 unspecified atom stereocenters. The van der Waals surface area contributed by atoms with Crippen LogP contribution in [0.15, 0.2) is 27.6 Å². The predicted molar refractivity (Wildman–Crippen MR) is 78.1 cm³/mol. The van der Waals surface area contributed by atoms with Gasteiger partial charge in [0.05, 0.1) is 5.02 Å². The first-order chi connectivity index (χ1) is 10.3. The normalized spacial score (nSPS) is 16.6. The Labute approximate surface area is 132 Å². The standard InChI is InChI=1S/C13H14ClN3O4S/c1-8-15-11(21-16-8)7-13(5-6-13)17-22(19,20)10-4-2-3-9(14)12(10)18/h2-4,17-18H,5-7H2,1H3. The number of hydrogen-bond acceptors (Lipinski definition) is 6. The van der Waals surface area contributed by atoms with Crippen molar-refractivity contribution in [2.24, 2.45) is 0 Å². The molecule has 0 bridgehead atoms. The van der Waals surface area contributed by atoms with Crippen LogP contribution in [0.4, 0.5) is 0 Å². The van der Waals surface area contributed by atoms with Crippen LogP contribution in [-0.2, 0) is 16.4 Å². The number of benzene rings is 1. The predicted octanol–water partition coefficient (Wildman–Crippen LogP) is 1.79. The van der Waals surface area contributed by atoms with Crippen LogP contribution in [0.1, 0.15) is 24.6 Å². The number of nitrogens with zero attached hydrogens (tertiary/aromatic N) is 2. The number of hydrogen-bond donors (Lipinski definition) is 2. The van der Waals surface area contributed by atoms with Crippen LogP contribution >= 0.6 is 11.6 Å². The maximum atomic E-state index is 12.5. The SMILES string of the molecule is Cc1noc(CC2(NS(=O)(=O)c3cccc(Cl)c3O)CC2)n1. The second-order valence-electron chi connectivity index (χ2n) is 5.38. The molecule has 1 aliphatic rings. The number of aromatic hydroxyl groups is 1. The Kier molecular flexibility index (Phi) is 3.62. The zero-order chi connectivity index (χ0) is 16.0. The van der Waals surface area contributed by atoms with Gasteiger partial charge in [0.2, 0.25) is 15.9 Å². The smallest absolute Gasteiger partial charge is 0.244 e. The van der Waals surface area contributed by atoms with Crippen molar-refractivity contribution in [3.05, 3.63) is 34.9 Å². The summed E-state index contributed by atoms with van der Waals surface area (Å²) in [6.45, 7) is 1.70. The monoisotopic (exact) mass is 343 g/mol. The van der Waals surface area contributed by atoms with Gasteiger partial charge in [-0.05, 0) is 31.9 Å². The molecule has 9 heteroatoms. The van der Waals surface area contributed by atoms with Crippen molar-refractivity contribution in [3.8, 4) is 5.75 Å². The average Bonchev–Trinajstić information content (AvgIpc) is 3.04. The second-order valence-corrected chi connectivity index (χ2v) is 7.44. The molecule has 0 saturated heterocycles. The number of aromatic nitrogens is 2. The summed E-state index contributed by atoms with van der Waals surface area (Å²) in [4.78, 5) is 3.84. The summed E-state index contributed by atoms with van der Waals surface area (Å²) in [6, 6.07) is 4.19. The van der Waals surface area contributed by atoms with Crippen molar-refractivity contribution in [1.29, 1.82) is 0 Å². The number of phenolic OH excluding ortho intramolecular Hbond substituents is 1. The lowest BCUT2D eigenvalue weighted by atomic mass is 10.2. The fourth-order valence-electron chi connectivity index (χ4n) is 2.22. The summed E-state index contributed by atoms with van der Waals surface area (Å²) in [5.41, 5.74) is -0.646. The maximum absolute atomic E-state index is 12.5. The van der Waals surface area contributed by atoms with E-state index in [9.17, 15) is 13.5 Å². The highest BCUT2D eigenvalue weighted by molar-refractivity contribution is 7.89. The zero-order valence-corrected chi connectivity index (χ0v) is 13.3. The molecule has 1 aromatic heterocycles. The minimum atomic E-state index is -3.90. The summed E-state index contributed by atoms with van der Waals surface area (Å²) in [6.07, 6.45) is 1.64. The largest absolute Gasteiger partial charge is 0.505 e. The average molecular weight is 344 g/mol. The van der Waals surface area contributed by atoms with E-state index in [-0.39, 0.29) is 9.92 Å². The number of sulfonamides is 1. The summed E-state index contributed by atoms with van der Waals surface area (Å²) in [5.74, 6) is 0.426. The Morgan fingerprint density at radius 1 is 1.45 bits per heavy atom. The van der Waals surface area contributed by atoms with Gasteiger partial charge in [-0.2, -0.15) is 4.98 Å². The number of phenols is 1. The summed E-state index contributed by atoms with van der Waals surface area (Å²) < 4.78 is 32.6. The molecule has 0 atom stereocenters. The van der Waals surface area contributed by atoms with E-state index in [4.69, 9.17) is 16.1 Å². The summed E-state index contributed by atoms with van der Waals surface area (Å²) in [7, 11) is -3.90. The lowest BCUT2D eigenvalue weighted by molar-refractivity contribution is 0.358. The zero-order valence-electron chi connectivity index (χ0n) is 11.7. The van der Waals surface area contributed by atoms with Gasteiger partial charge < -0.3 is 9.63 Å². The molecule has 1 aromatic carbocycles. The van der Waals surface area contributed by atoms with Crippen LogP contribution in [0.5, 0.6) is 5.75 Å². The van der Waals surface area contributed by atoms with E-state index in [2.05, 4.69) is 14.9 Å². The van der Waals surface area contributed by atoms with Gasteiger partial charge in [0.25, 0.3) is 0 Å². The number of halogens is 1. The van der Waals surface area contributed by atoms with Gasteiger partial charge in [0.1, 0.15) is 4.90 Å². The van der Waals surface area contributed by atoms with Crippen LogP contribution in [0.25, 0.3) is 0 Å². The van der Waals surface area contributed by atoms with Gasteiger partial charge in [0, 0.05) is 12.0 Å². The molecule has 0 aliphatic heterocycles. The third-order valence-corrected chi connectivity index (χ3v) is 5.42. The first-order valence-electron chi connectivity index (χ1n) is 6.62. The summed E-state index contributed by atoms with van der Waals surface area (Å²) in [5, 5.41) is 13.5. The molecular formula is C13H14ClN3O4S. The molecule has 22 heavy (non-hydrogen) atoms. The van der Waals surface area contributed by atoms with Crippen LogP contribution in [0.2, 0.25) is 5.02 Å². The highest BCUT2D eigenvalue weighted by Crippen LogP contribution is 2.41. The molecule has 1 heterocycles. The molecule has 118 valence electrons. The molecule has 0 amide bonds. The van der Waals surface area contributed by atoms with E-state index in [0.29, 0.717) is 31.0 Å². The molecule has 1 fully saturated rings. The quantitative estimate of drug-likeness (QED) is 0.857. The first kappa shape index (κ1) is 15.3. The third-order valence-electron chi connectivity index (χ3n) is 3.50. The lowest BCUT2D eigenvalue weighted by Crippen LogP contribution is -2.38. The van der Waals surface area contributed by atoms with Crippen LogP contribution in [0, 0.1) is 6.92 Å². The Bertz CT molecular complexity index is 814. The van der Waals surface area contributed by atoms with Crippen LogP contribution in [0.3, 0.4) is 0 Å². The van der Waals surface area contributed by atoms with Crippen molar-refractivity contribution >= 4 is 21.6 Å². The maximum Gasteiger partial charge on any atom is 0.244 e. The van der Waals surface area contributed by atoms with E-state index in [1.54, 1.807) is 6.92 Å². The Morgan fingerprint density at radius 2 is 2.18 bits per heavy atom. The molecule has 1 aliphatic carbocycles. The van der Waals surface area contributed by atoms with Crippen LogP contribution < -0.4 is 4.72 Å². The first-order valence-corrected chi connectivity index (χ1v) is 8.48. The van der Waals surface area contributed by atoms with Gasteiger partial charge in [-0.15, -0.1) is 0 Å². The molecule has 2 aromatic rings. The van der Waals surface area contributed by atoms with E-state index in [1.165, 1.54) is 18.2 Å². The van der Waals surface area contributed by atoms with Crippen molar-refractivity contribution in [2.75, 3.05) is 0 Å². The van der Waals surface area contributed by atoms with Crippen molar-refractivity contribution in [3.63, 3.8) is 0 Å². The molecule has 0 spiro atoms. The fraction of sp³-hybridized carbons (Fsp3) is 0.385. The Balaban J connectivity index is 1.83. The van der Waals surface area contributed by atoms with Crippen molar-refractivity contribution in [2.45, 2.75) is 36.6 Å². The summed E-state index contributed by atoms with van der Waals surface area (Å²) >= 11 is 5.76. The van der Waals surface area contributed by atoms with E-state index in [1.807, 2.05) is 0 Å². The highest BCUT2D eigenvalue weighted by atomic mass is 35.5. The van der Waals surface area contributed by atoms with Crippen molar-refractivity contribution in [1.82, 2.24) is 14.9 Å². The van der Waals surface area contributed by atoms with Gasteiger partial charge in [-0.1, -0.05) is 22.8 Å². The molecule has 3 rings (SSSR count). The molecule has 2 N–H and O–H groups in total. The van der Waals surface area contributed by atoms with E-state index >= 15 is 0 Å². The highest BCUT2D eigenvalue weighted by Gasteiger charge is 2.47. The molecule has 7 nitrogen and oxygen atoms in total. The Hall–Kier alpha value is -1.64. The minimum Gasteiger partial charge on any atom is -0.505 e. The number of rotatable bonds is 5. The third kappa shape index (κ3) is 2.94. The Morgan fingerprint density at radius 3 is 2.77 bits per heavy atom. The molecular weight excluding hydrogens is 330 g/mol. The number of aryl methyl sites for hydroxylation is 1. The topological polar surface area (TPSA) is 105 Å². The van der Waals surface area contributed by atoms with Gasteiger partial charge in [-0.3, -0.25) is 0 Å². The van der Waals surface area contributed by atoms with Crippen LogP contribution in [-0.4, -0.2) is 29.2 Å².